The van der Waals surface area contributed by atoms with Crippen molar-refractivity contribution in [2.45, 2.75) is 56.7 Å². The van der Waals surface area contributed by atoms with Crippen molar-refractivity contribution in [2.24, 2.45) is 0 Å². The molecule has 7 heteroatoms. The first-order chi connectivity index (χ1) is 13.1. The van der Waals surface area contributed by atoms with Gasteiger partial charge in [0.25, 0.3) is 0 Å². The lowest BCUT2D eigenvalue weighted by Gasteiger charge is -2.45. The number of halogens is 1. The molecule has 1 aromatic carbocycles. The van der Waals surface area contributed by atoms with Crippen molar-refractivity contribution in [3.05, 3.63) is 23.3 Å². The fourth-order valence-electron chi connectivity index (χ4n) is 4.83. The highest BCUT2D eigenvalue weighted by Gasteiger charge is 2.43. The number of methoxy groups -OCH3 is 2. The minimum atomic E-state index is -0.319. The van der Waals surface area contributed by atoms with E-state index < -0.39 is 0 Å². The number of hydrogen-bond acceptors (Lipinski definition) is 5. The van der Waals surface area contributed by atoms with Crippen molar-refractivity contribution in [2.75, 3.05) is 33.9 Å². The summed E-state index contributed by atoms with van der Waals surface area (Å²) in [5, 5.41) is 3.41. The van der Waals surface area contributed by atoms with Crippen LogP contribution >= 0.6 is 12.4 Å². The van der Waals surface area contributed by atoms with E-state index in [1.807, 2.05) is 4.90 Å². The first-order valence-electron chi connectivity index (χ1n) is 10.0. The molecular formula is C21H31ClN2O4. The second-order valence-corrected chi connectivity index (χ2v) is 7.98. The van der Waals surface area contributed by atoms with Gasteiger partial charge in [0.15, 0.2) is 11.5 Å². The van der Waals surface area contributed by atoms with Crippen LogP contribution in [0.25, 0.3) is 0 Å². The average molecular weight is 411 g/mol. The van der Waals surface area contributed by atoms with Gasteiger partial charge in [0.2, 0.25) is 5.91 Å². The minimum Gasteiger partial charge on any atom is -0.493 e. The lowest BCUT2D eigenvalue weighted by atomic mass is 9.79. The molecule has 3 aliphatic rings. The van der Waals surface area contributed by atoms with E-state index in [9.17, 15) is 4.79 Å². The second kappa shape index (κ2) is 8.47. The number of carbonyl (C=O) groups is 1. The molecule has 2 fully saturated rings. The third-order valence-electron chi connectivity index (χ3n) is 6.40. The van der Waals surface area contributed by atoms with E-state index in [-0.39, 0.29) is 30.0 Å². The third-order valence-corrected chi connectivity index (χ3v) is 6.40. The van der Waals surface area contributed by atoms with Crippen LogP contribution < -0.4 is 14.8 Å². The van der Waals surface area contributed by atoms with E-state index in [0.717, 1.165) is 56.7 Å². The number of benzene rings is 1. The first-order valence-corrected chi connectivity index (χ1v) is 10.0. The standard InChI is InChI=1S/C21H30N2O4.ClH/c1-14-4-5-17(22-14)20(24)23-9-7-21(8-10-23)16-13-19(26-3)18(25-2)12-15(16)6-11-27-21;/h12-14,17,22H,4-11H2,1-3H3;1H/t14-,17-;/m0./s1. The number of nitrogens with zero attached hydrogens (tertiary/aromatic N) is 1. The summed E-state index contributed by atoms with van der Waals surface area (Å²) < 4.78 is 17.3. The zero-order valence-electron chi connectivity index (χ0n) is 17.0. The van der Waals surface area contributed by atoms with Gasteiger partial charge in [0.05, 0.1) is 32.5 Å². The zero-order valence-corrected chi connectivity index (χ0v) is 17.8. The molecule has 1 aromatic rings. The number of rotatable bonds is 3. The average Bonchev–Trinajstić information content (AvgIpc) is 3.14. The molecule has 2 atom stereocenters. The predicted octanol–water partition coefficient (Wildman–Crippen LogP) is 2.66. The van der Waals surface area contributed by atoms with Crippen molar-refractivity contribution in [1.82, 2.24) is 10.2 Å². The van der Waals surface area contributed by atoms with Crippen LogP contribution in [0.4, 0.5) is 0 Å². The smallest absolute Gasteiger partial charge is 0.239 e. The van der Waals surface area contributed by atoms with E-state index in [4.69, 9.17) is 14.2 Å². The quantitative estimate of drug-likeness (QED) is 0.830. The number of likely N-dealkylation sites (tertiary alicyclic amines) is 1. The zero-order chi connectivity index (χ0) is 19.0. The van der Waals surface area contributed by atoms with Gasteiger partial charge in [-0.25, -0.2) is 0 Å². The van der Waals surface area contributed by atoms with E-state index in [1.54, 1.807) is 14.2 Å². The molecule has 0 aromatic heterocycles. The van der Waals surface area contributed by atoms with Crippen molar-refractivity contribution in [3.63, 3.8) is 0 Å². The number of piperidine rings is 1. The van der Waals surface area contributed by atoms with Gasteiger partial charge in [-0.1, -0.05) is 0 Å². The number of amides is 1. The minimum absolute atomic E-state index is 0. The molecule has 1 spiro atoms. The van der Waals surface area contributed by atoms with Crippen molar-refractivity contribution in [1.29, 1.82) is 0 Å². The largest absolute Gasteiger partial charge is 0.493 e. The Hall–Kier alpha value is -1.50. The monoisotopic (exact) mass is 410 g/mol. The van der Waals surface area contributed by atoms with Gasteiger partial charge >= 0.3 is 0 Å². The normalized spacial score (nSPS) is 25.8. The van der Waals surface area contributed by atoms with Crippen LogP contribution in [0.5, 0.6) is 11.5 Å². The Bertz CT molecular complexity index is 719. The van der Waals surface area contributed by atoms with Gasteiger partial charge in [0.1, 0.15) is 0 Å². The van der Waals surface area contributed by atoms with Gasteiger partial charge < -0.3 is 24.4 Å². The molecule has 1 amide bonds. The molecule has 0 bridgehead atoms. The molecule has 156 valence electrons. The Labute approximate surface area is 173 Å². The molecule has 0 aliphatic carbocycles. The highest BCUT2D eigenvalue weighted by molar-refractivity contribution is 5.85. The third kappa shape index (κ3) is 3.70. The van der Waals surface area contributed by atoms with Crippen LogP contribution in [0.15, 0.2) is 12.1 Å². The van der Waals surface area contributed by atoms with Crippen LogP contribution in [-0.4, -0.2) is 56.8 Å². The Kier molecular flexibility index (Phi) is 6.42. The molecule has 3 heterocycles. The van der Waals surface area contributed by atoms with Crippen LogP contribution in [0.2, 0.25) is 0 Å². The van der Waals surface area contributed by atoms with Gasteiger partial charge in [0, 0.05) is 19.1 Å². The Balaban J connectivity index is 0.00000225. The summed E-state index contributed by atoms with van der Waals surface area (Å²) in [6.07, 6.45) is 4.54. The number of carbonyl (C=O) groups excluding carboxylic acids is 1. The molecule has 1 N–H and O–H groups in total. The number of nitrogens with one attached hydrogen (secondary N) is 1. The van der Waals surface area contributed by atoms with E-state index in [0.29, 0.717) is 12.6 Å². The maximum Gasteiger partial charge on any atom is 0.239 e. The highest BCUT2D eigenvalue weighted by atomic mass is 35.5. The van der Waals surface area contributed by atoms with Crippen LogP contribution in [0.1, 0.15) is 43.7 Å². The van der Waals surface area contributed by atoms with Gasteiger partial charge in [-0.05, 0) is 62.3 Å². The lowest BCUT2D eigenvalue weighted by molar-refractivity contribution is -0.142. The summed E-state index contributed by atoms with van der Waals surface area (Å²) in [5.74, 6) is 1.75. The Morgan fingerprint density at radius 1 is 1.18 bits per heavy atom. The fraction of sp³-hybridized carbons (Fsp3) is 0.667. The topological polar surface area (TPSA) is 60.0 Å². The van der Waals surface area contributed by atoms with Crippen molar-refractivity contribution in [3.8, 4) is 11.5 Å². The maximum absolute atomic E-state index is 12.8. The van der Waals surface area contributed by atoms with Gasteiger partial charge in [-0.15, -0.1) is 12.4 Å². The summed E-state index contributed by atoms with van der Waals surface area (Å²) in [6, 6.07) is 4.58. The summed E-state index contributed by atoms with van der Waals surface area (Å²) in [4.78, 5) is 14.8. The maximum atomic E-state index is 12.8. The van der Waals surface area contributed by atoms with E-state index >= 15 is 0 Å². The van der Waals surface area contributed by atoms with Crippen LogP contribution in [0, 0.1) is 0 Å². The van der Waals surface area contributed by atoms with Crippen LogP contribution in [-0.2, 0) is 21.6 Å². The van der Waals surface area contributed by atoms with E-state index in [2.05, 4.69) is 24.4 Å². The van der Waals surface area contributed by atoms with Crippen LogP contribution in [0.3, 0.4) is 0 Å². The Morgan fingerprint density at radius 2 is 1.86 bits per heavy atom. The fourth-order valence-corrected chi connectivity index (χ4v) is 4.83. The number of fused-ring (bicyclic) bond motifs is 2. The molecular weight excluding hydrogens is 380 g/mol. The highest BCUT2D eigenvalue weighted by Crippen LogP contribution is 2.45. The predicted molar refractivity (Wildman–Crippen MR) is 110 cm³/mol. The van der Waals surface area contributed by atoms with Crippen molar-refractivity contribution < 1.29 is 19.0 Å². The summed E-state index contributed by atoms with van der Waals surface area (Å²) in [7, 11) is 3.33. The van der Waals surface area contributed by atoms with Crippen molar-refractivity contribution >= 4 is 18.3 Å². The molecule has 0 radical (unpaired) electrons. The molecule has 2 saturated heterocycles. The Morgan fingerprint density at radius 3 is 2.46 bits per heavy atom. The molecule has 0 unspecified atom stereocenters. The molecule has 0 saturated carbocycles. The summed E-state index contributed by atoms with van der Waals surface area (Å²) in [6.45, 7) is 4.32. The molecule has 28 heavy (non-hydrogen) atoms. The number of ether oxygens (including phenoxy) is 3. The lowest BCUT2D eigenvalue weighted by Crippen LogP contribution is -2.52. The number of hydrogen-bond donors (Lipinski definition) is 1. The summed E-state index contributed by atoms with van der Waals surface area (Å²) >= 11 is 0. The SMILES string of the molecule is COc1cc2c(cc1OC)C1(CCN(C(=O)[C@@H]3CC[C@H](C)N3)CC1)OCC2.Cl. The molecule has 6 nitrogen and oxygen atoms in total. The molecule has 4 rings (SSSR count). The van der Waals surface area contributed by atoms with Gasteiger partial charge in [-0.2, -0.15) is 0 Å². The second-order valence-electron chi connectivity index (χ2n) is 7.98. The molecule has 3 aliphatic heterocycles. The summed E-state index contributed by atoms with van der Waals surface area (Å²) in [5.41, 5.74) is 2.15. The first kappa shape index (κ1) is 21.2. The van der Waals surface area contributed by atoms with Gasteiger partial charge in [-0.3, -0.25) is 4.79 Å². The van der Waals surface area contributed by atoms with E-state index in [1.165, 1.54) is 11.1 Å².